The molecule has 1 aromatic heterocycles. The molecule has 0 bridgehead atoms. The lowest BCUT2D eigenvalue weighted by atomic mass is 10.2. The van der Waals surface area contributed by atoms with E-state index in [0.717, 1.165) is 5.56 Å². The predicted molar refractivity (Wildman–Crippen MR) is 78.6 cm³/mol. The van der Waals surface area contributed by atoms with Crippen LogP contribution >= 0.6 is 0 Å². The molecule has 21 heavy (non-hydrogen) atoms. The van der Waals surface area contributed by atoms with Gasteiger partial charge >= 0.3 is 6.01 Å². The van der Waals surface area contributed by atoms with Crippen molar-refractivity contribution in [1.82, 2.24) is 15.5 Å². The number of nitrogens with zero attached hydrogens (tertiary/aromatic N) is 2. The zero-order valence-corrected chi connectivity index (χ0v) is 12.6. The lowest BCUT2D eigenvalue weighted by molar-refractivity contribution is 0.354. The second-order valence-corrected chi connectivity index (χ2v) is 4.50. The predicted octanol–water partition coefficient (Wildman–Crippen LogP) is 1.98. The molecule has 0 saturated carbocycles. The van der Waals surface area contributed by atoms with E-state index in [0.29, 0.717) is 29.9 Å². The third-order valence-electron chi connectivity index (χ3n) is 3.14. The molecular weight excluding hydrogens is 272 g/mol. The van der Waals surface area contributed by atoms with Crippen LogP contribution in [-0.4, -0.2) is 31.5 Å². The fourth-order valence-corrected chi connectivity index (χ4v) is 1.77. The van der Waals surface area contributed by atoms with Gasteiger partial charge < -0.3 is 24.5 Å². The topological polar surface area (TPSA) is 81.4 Å². The van der Waals surface area contributed by atoms with E-state index < -0.39 is 0 Å². The number of nitrogens with one attached hydrogen (secondary N) is 2. The van der Waals surface area contributed by atoms with Crippen LogP contribution < -0.4 is 20.1 Å². The first-order valence-corrected chi connectivity index (χ1v) is 6.63. The van der Waals surface area contributed by atoms with Gasteiger partial charge in [0.1, 0.15) is 0 Å². The molecule has 1 heterocycles. The molecule has 7 nitrogen and oxygen atoms in total. The van der Waals surface area contributed by atoms with Gasteiger partial charge in [-0.05, 0) is 31.7 Å². The summed E-state index contributed by atoms with van der Waals surface area (Å²) in [6.07, 6.45) is 0. The number of hydrogen-bond acceptors (Lipinski definition) is 7. The molecule has 0 saturated heterocycles. The van der Waals surface area contributed by atoms with Crippen LogP contribution in [0.5, 0.6) is 11.5 Å². The van der Waals surface area contributed by atoms with Crippen LogP contribution in [0.2, 0.25) is 0 Å². The normalized spacial score (nSPS) is 12.0. The van der Waals surface area contributed by atoms with Crippen molar-refractivity contribution in [2.45, 2.75) is 19.5 Å². The van der Waals surface area contributed by atoms with Crippen LogP contribution in [0.3, 0.4) is 0 Å². The van der Waals surface area contributed by atoms with E-state index in [2.05, 4.69) is 20.8 Å². The Hall–Kier alpha value is -2.28. The smallest absolute Gasteiger partial charge is 0.315 e. The maximum absolute atomic E-state index is 5.51. The van der Waals surface area contributed by atoms with E-state index in [1.807, 2.05) is 32.2 Å². The Bertz CT molecular complexity index is 585. The SMILES string of the molecule is CNC(C)c1nnc(NCc2ccc(OC)c(OC)c2)o1. The monoisotopic (exact) mass is 292 g/mol. The molecule has 114 valence electrons. The van der Waals surface area contributed by atoms with Crippen LogP contribution in [0.15, 0.2) is 22.6 Å². The molecule has 2 N–H and O–H groups in total. The van der Waals surface area contributed by atoms with Crippen molar-refractivity contribution in [3.05, 3.63) is 29.7 Å². The second-order valence-electron chi connectivity index (χ2n) is 4.50. The maximum atomic E-state index is 5.51. The zero-order valence-electron chi connectivity index (χ0n) is 12.6. The average molecular weight is 292 g/mol. The Balaban J connectivity index is 2.01. The summed E-state index contributed by atoms with van der Waals surface area (Å²) in [5, 5.41) is 14.1. The van der Waals surface area contributed by atoms with Gasteiger partial charge in [-0.2, -0.15) is 0 Å². The van der Waals surface area contributed by atoms with Gasteiger partial charge in [0, 0.05) is 6.54 Å². The van der Waals surface area contributed by atoms with Crippen molar-refractivity contribution in [2.24, 2.45) is 0 Å². The first-order chi connectivity index (χ1) is 10.2. The van der Waals surface area contributed by atoms with E-state index in [-0.39, 0.29) is 6.04 Å². The molecule has 0 aliphatic carbocycles. The Labute approximate surface area is 123 Å². The average Bonchev–Trinajstić information content (AvgIpc) is 3.00. The molecule has 0 aliphatic rings. The minimum Gasteiger partial charge on any atom is -0.493 e. The molecule has 1 unspecified atom stereocenters. The van der Waals surface area contributed by atoms with Crippen molar-refractivity contribution in [1.29, 1.82) is 0 Å². The largest absolute Gasteiger partial charge is 0.493 e. The summed E-state index contributed by atoms with van der Waals surface area (Å²) in [5.74, 6) is 1.93. The van der Waals surface area contributed by atoms with E-state index in [9.17, 15) is 0 Å². The molecule has 0 radical (unpaired) electrons. The fraction of sp³-hybridized carbons (Fsp3) is 0.429. The van der Waals surface area contributed by atoms with Crippen molar-refractivity contribution in [2.75, 3.05) is 26.6 Å². The molecule has 0 amide bonds. The minimum atomic E-state index is 0.0223. The van der Waals surface area contributed by atoms with E-state index in [1.165, 1.54) is 0 Å². The summed E-state index contributed by atoms with van der Waals surface area (Å²) in [6.45, 7) is 2.50. The number of methoxy groups -OCH3 is 2. The maximum Gasteiger partial charge on any atom is 0.315 e. The highest BCUT2D eigenvalue weighted by Gasteiger charge is 2.12. The van der Waals surface area contributed by atoms with Crippen LogP contribution in [0.1, 0.15) is 24.4 Å². The van der Waals surface area contributed by atoms with Gasteiger partial charge in [-0.1, -0.05) is 11.2 Å². The standard InChI is InChI=1S/C14H20N4O3/c1-9(15-2)13-17-18-14(21-13)16-8-10-5-6-11(19-3)12(7-10)20-4/h5-7,9,15H,8H2,1-4H3,(H,16,18). The zero-order chi connectivity index (χ0) is 15.2. The third-order valence-corrected chi connectivity index (χ3v) is 3.14. The number of rotatable bonds is 7. The number of ether oxygens (including phenoxy) is 2. The fourth-order valence-electron chi connectivity index (χ4n) is 1.77. The molecular formula is C14H20N4O3. The molecule has 0 fully saturated rings. The summed E-state index contributed by atoms with van der Waals surface area (Å²) in [7, 11) is 5.06. The van der Waals surface area contributed by atoms with Gasteiger partial charge in [0.2, 0.25) is 5.89 Å². The molecule has 2 aromatic rings. The molecule has 0 spiro atoms. The lowest BCUT2D eigenvalue weighted by Crippen LogP contribution is -2.12. The Kier molecular flexibility index (Phi) is 4.99. The summed E-state index contributed by atoms with van der Waals surface area (Å²) >= 11 is 0. The highest BCUT2D eigenvalue weighted by Crippen LogP contribution is 2.27. The number of hydrogen-bond donors (Lipinski definition) is 2. The van der Waals surface area contributed by atoms with Crippen molar-refractivity contribution >= 4 is 6.01 Å². The van der Waals surface area contributed by atoms with Crippen LogP contribution in [0, 0.1) is 0 Å². The first kappa shape index (κ1) is 15.1. The molecule has 1 aromatic carbocycles. The summed E-state index contributed by atoms with van der Waals surface area (Å²) < 4.78 is 16.0. The Morgan fingerprint density at radius 2 is 1.95 bits per heavy atom. The van der Waals surface area contributed by atoms with Gasteiger partial charge in [0.05, 0.1) is 20.3 Å². The van der Waals surface area contributed by atoms with Crippen LogP contribution in [0.25, 0.3) is 0 Å². The lowest BCUT2D eigenvalue weighted by Gasteiger charge is -2.09. The van der Waals surface area contributed by atoms with Gasteiger partial charge in [0.15, 0.2) is 11.5 Å². The first-order valence-electron chi connectivity index (χ1n) is 6.63. The van der Waals surface area contributed by atoms with Crippen molar-refractivity contribution < 1.29 is 13.9 Å². The van der Waals surface area contributed by atoms with Gasteiger partial charge in [-0.25, -0.2) is 0 Å². The van der Waals surface area contributed by atoms with Gasteiger partial charge in [-0.15, -0.1) is 5.10 Å². The van der Waals surface area contributed by atoms with E-state index >= 15 is 0 Å². The summed E-state index contributed by atoms with van der Waals surface area (Å²) in [6, 6.07) is 6.12. The molecule has 1 atom stereocenters. The van der Waals surface area contributed by atoms with Crippen LogP contribution in [-0.2, 0) is 6.54 Å². The second kappa shape index (κ2) is 6.94. The van der Waals surface area contributed by atoms with E-state index in [4.69, 9.17) is 13.9 Å². The molecule has 7 heteroatoms. The Morgan fingerprint density at radius 1 is 1.19 bits per heavy atom. The van der Waals surface area contributed by atoms with Gasteiger partial charge in [-0.3, -0.25) is 0 Å². The van der Waals surface area contributed by atoms with Crippen molar-refractivity contribution in [3.8, 4) is 11.5 Å². The quantitative estimate of drug-likeness (QED) is 0.807. The van der Waals surface area contributed by atoms with Crippen LogP contribution in [0.4, 0.5) is 6.01 Å². The Morgan fingerprint density at radius 3 is 2.62 bits per heavy atom. The van der Waals surface area contributed by atoms with E-state index in [1.54, 1.807) is 14.2 Å². The van der Waals surface area contributed by atoms with Crippen molar-refractivity contribution in [3.63, 3.8) is 0 Å². The van der Waals surface area contributed by atoms with Gasteiger partial charge in [0.25, 0.3) is 0 Å². The number of benzene rings is 1. The number of aromatic nitrogens is 2. The highest BCUT2D eigenvalue weighted by atomic mass is 16.5. The summed E-state index contributed by atoms with van der Waals surface area (Å²) in [4.78, 5) is 0. The third kappa shape index (κ3) is 3.63. The summed E-state index contributed by atoms with van der Waals surface area (Å²) in [5.41, 5.74) is 1.02. The molecule has 0 aliphatic heterocycles. The minimum absolute atomic E-state index is 0.0223. The number of anilines is 1. The highest BCUT2D eigenvalue weighted by molar-refractivity contribution is 5.43. The molecule has 2 rings (SSSR count).